The molecule has 0 atom stereocenters. The maximum atomic E-state index is 10.9. The standard InChI is InChI=1S/C7H9Cl3O2/c1-4(2)12-7(11)5(8)3-6(9)10/h3-4,6H,1-2H3. The third-order valence-corrected chi connectivity index (χ3v) is 1.34. The van der Waals surface area contributed by atoms with Crippen molar-refractivity contribution in [2.45, 2.75) is 24.8 Å². The van der Waals surface area contributed by atoms with E-state index in [0.717, 1.165) is 0 Å². The SMILES string of the molecule is CC(C)OC(=O)C(Cl)=CC(Cl)Cl. The van der Waals surface area contributed by atoms with Crippen LogP contribution in [0.15, 0.2) is 11.1 Å². The molecule has 0 aromatic carbocycles. The largest absolute Gasteiger partial charge is 0.459 e. The highest BCUT2D eigenvalue weighted by molar-refractivity contribution is 6.48. The molecule has 0 saturated heterocycles. The fourth-order valence-corrected chi connectivity index (χ4v) is 1.00. The molecule has 0 amide bonds. The van der Waals surface area contributed by atoms with E-state index in [1.54, 1.807) is 13.8 Å². The number of halogens is 3. The number of carbonyl (C=O) groups is 1. The summed E-state index contributed by atoms with van der Waals surface area (Å²) in [7, 11) is 0. The zero-order chi connectivity index (χ0) is 9.72. The average molecular weight is 232 g/mol. The number of hydrogen-bond acceptors (Lipinski definition) is 2. The van der Waals surface area contributed by atoms with Gasteiger partial charge in [0.1, 0.15) is 9.87 Å². The topological polar surface area (TPSA) is 26.3 Å². The smallest absolute Gasteiger partial charge is 0.349 e. The molecule has 0 heterocycles. The quantitative estimate of drug-likeness (QED) is 0.424. The molecule has 2 nitrogen and oxygen atoms in total. The van der Waals surface area contributed by atoms with Crippen LogP contribution in [0.1, 0.15) is 13.8 Å². The molecule has 0 aliphatic carbocycles. The van der Waals surface area contributed by atoms with Crippen molar-refractivity contribution in [2.75, 3.05) is 0 Å². The highest BCUT2D eigenvalue weighted by atomic mass is 35.5. The van der Waals surface area contributed by atoms with E-state index in [9.17, 15) is 4.79 Å². The lowest BCUT2D eigenvalue weighted by molar-refractivity contribution is -0.141. The lowest BCUT2D eigenvalue weighted by Gasteiger charge is -2.06. The van der Waals surface area contributed by atoms with Crippen molar-refractivity contribution in [1.82, 2.24) is 0 Å². The second-order valence-corrected chi connectivity index (χ2v) is 3.87. The van der Waals surface area contributed by atoms with Crippen LogP contribution in [-0.4, -0.2) is 16.9 Å². The van der Waals surface area contributed by atoms with Crippen LogP contribution >= 0.6 is 34.8 Å². The third kappa shape index (κ3) is 5.70. The molecule has 70 valence electrons. The Hall–Kier alpha value is 0.0800. The molecule has 0 aromatic rings. The average Bonchev–Trinajstić information content (AvgIpc) is 1.84. The van der Waals surface area contributed by atoms with E-state index < -0.39 is 10.8 Å². The van der Waals surface area contributed by atoms with Crippen molar-refractivity contribution in [3.8, 4) is 0 Å². The Bertz CT molecular complexity index is 187. The Morgan fingerprint density at radius 2 is 1.92 bits per heavy atom. The number of esters is 1. The molecule has 0 saturated carbocycles. The van der Waals surface area contributed by atoms with Gasteiger partial charge >= 0.3 is 5.97 Å². The molecule has 0 unspecified atom stereocenters. The summed E-state index contributed by atoms with van der Waals surface area (Å²) in [5.41, 5.74) is 0. The highest BCUT2D eigenvalue weighted by Gasteiger charge is 2.10. The molecule has 0 N–H and O–H groups in total. The van der Waals surface area contributed by atoms with Gasteiger partial charge in [0.15, 0.2) is 0 Å². The normalized spacial score (nSPS) is 12.4. The Balaban J connectivity index is 4.10. The Kier molecular flexibility index (Phi) is 5.72. The number of alkyl halides is 2. The number of rotatable bonds is 3. The highest BCUT2D eigenvalue weighted by Crippen LogP contribution is 2.12. The first kappa shape index (κ1) is 12.1. The summed E-state index contributed by atoms with van der Waals surface area (Å²) >= 11 is 16.2. The van der Waals surface area contributed by atoms with Gasteiger partial charge in [-0.25, -0.2) is 4.79 Å². The lowest BCUT2D eigenvalue weighted by Crippen LogP contribution is -2.11. The molecule has 12 heavy (non-hydrogen) atoms. The summed E-state index contributed by atoms with van der Waals surface area (Å²) in [6.45, 7) is 3.45. The van der Waals surface area contributed by atoms with Crippen LogP contribution in [0.2, 0.25) is 0 Å². The molecular formula is C7H9Cl3O2. The van der Waals surface area contributed by atoms with Crippen LogP contribution in [-0.2, 0) is 9.53 Å². The van der Waals surface area contributed by atoms with Crippen molar-refractivity contribution < 1.29 is 9.53 Å². The number of allylic oxidation sites excluding steroid dienone is 1. The van der Waals surface area contributed by atoms with Crippen LogP contribution in [0.5, 0.6) is 0 Å². The molecule has 0 rings (SSSR count). The minimum atomic E-state index is -0.794. The molecule has 0 fully saturated rings. The summed E-state index contributed by atoms with van der Waals surface area (Å²) in [5, 5.41) is -0.0984. The van der Waals surface area contributed by atoms with E-state index in [4.69, 9.17) is 39.5 Å². The van der Waals surface area contributed by atoms with E-state index >= 15 is 0 Å². The first-order valence-corrected chi connectivity index (χ1v) is 4.55. The first-order valence-electron chi connectivity index (χ1n) is 3.30. The number of hydrogen-bond donors (Lipinski definition) is 0. The molecule has 0 aliphatic rings. The minimum absolute atomic E-state index is 0.0984. The summed E-state index contributed by atoms with van der Waals surface area (Å²) in [6, 6.07) is 0. The predicted molar refractivity (Wildman–Crippen MR) is 50.7 cm³/mol. The van der Waals surface area contributed by atoms with Crippen LogP contribution in [0.3, 0.4) is 0 Å². The van der Waals surface area contributed by atoms with Gasteiger partial charge in [0, 0.05) is 0 Å². The molecule has 0 aromatic heterocycles. The van der Waals surface area contributed by atoms with E-state index in [1.165, 1.54) is 6.08 Å². The van der Waals surface area contributed by atoms with Gasteiger partial charge < -0.3 is 4.74 Å². The van der Waals surface area contributed by atoms with Crippen LogP contribution in [0, 0.1) is 0 Å². The van der Waals surface area contributed by atoms with E-state index in [-0.39, 0.29) is 11.1 Å². The van der Waals surface area contributed by atoms with Crippen molar-refractivity contribution in [1.29, 1.82) is 0 Å². The van der Waals surface area contributed by atoms with Crippen molar-refractivity contribution >= 4 is 40.8 Å². The van der Waals surface area contributed by atoms with Gasteiger partial charge in [-0.2, -0.15) is 0 Å². The second kappa shape index (κ2) is 5.68. The van der Waals surface area contributed by atoms with E-state index in [2.05, 4.69) is 0 Å². The van der Waals surface area contributed by atoms with Crippen molar-refractivity contribution in [3.05, 3.63) is 11.1 Å². The Morgan fingerprint density at radius 3 is 2.25 bits per heavy atom. The van der Waals surface area contributed by atoms with Crippen LogP contribution < -0.4 is 0 Å². The first-order chi connectivity index (χ1) is 5.43. The van der Waals surface area contributed by atoms with Gasteiger partial charge in [0.05, 0.1) is 6.10 Å². The fraction of sp³-hybridized carbons (Fsp3) is 0.571. The Morgan fingerprint density at radius 1 is 1.42 bits per heavy atom. The monoisotopic (exact) mass is 230 g/mol. The van der Waals surface area contributed by atoms with Gasteiger partial charge in [-0.3, -0.25) is 0 Å². The molecule has 0 spiro atoms. The van der Waals surface area contributed by atoms with Crippen molar-refractivity contribution in [3.63, 3.8) is 0 Å². The van der Waals surface area contributed by atoms with Gasteiger partial charge in [-0.15, -0.1) is 23.2 Å². The summed E-state index contributed by atoms with van der Waals surface area (Å²) < 4.78 is 4.76. The van der Waals surface area contributed by atoms with E-state index in [0.29, 0.717) is 0 Å². The molecular weight excluding hydrogens is 222 g/mol. The van der Waals surface area contributed by atoms with Crippen LogP contribution in [0.25, 0.3) is 0 Å². The van der Waals surface area contributed by atoms with Crippen molar-refractivity contribution in [2.24, 2.45) is 0 Å². The minimum Gasteiger partial charge on any atom is -0.459 e. The fourth-order valence-electron chi connectivity index (χ4n) is 0.449. The van der Waals surface area contributed by atoms with E-state index in [1.807, 2.05) is 0 Å². The second-order valence-electron chi connectivity index (χ2n) is 2.30. The van der Waals surface area contributed by atoms with Crippen LogP contribution in [0.4, 0.5) is 0 Å². The maximum Gasteiger partial charge on any atom is 0.349 e. The zero-order valence-corrected chi connectivity index (χ0v) is 8.95. The predicted octanol–water partition coefficient (Wildman–Crippen LogP) is 2.86. The van der Waals surface area contributed by atoms with Gasteiger partial charge in [-0.1, -0.05) is 11.6 Å². The maximum absolute atomic E-state index is 10.9. The molecule has 0 bridgehead atoms. The summed E-state index contributed by atoms with van der Waals surface area (Å²) in [5.74, 6) is -0.613. The molecule has 5 heteroatoms. The van der Waals surface area contributed by atoms with Gasteiger partial charge in [0.2, 0.25) is 0 Å². The zero-order valence-electron chi connectivity index (χ0n) is 6.68. The Labute approximate surface area is 86.4 Å². The lowest BCUT2D eigenvalue weighted by atomic mass is 10.4. The van der Waals surface area contributed by atoms with Gasteiger partial charge in [0.25, 0.3) is 0 Å². The third-order valence-electron chi connectivity index (χ3n) is 0.810. The summed E-state index contributed by atoms with van der Waals surface area (Å²) in [4.78, 5) is 10.2. The van der Waals surface area contributed by atoms with Gasteiger partial charge in [-0.05, 0) is 19.9 Å². The number of ether oxygens (including phenoxy) is 1. The molecule has 0 aliphatic heterocycles. The number of carbonyl (C=O) groups excluding carboxylic acids is 1. The molecule has 0 radical (unpaired) electrons. The summed E-state index contributed by atoms with van der Waals surface area (Å²) in [6.07, 6.45) is 0.999.